The number of hydrogen-bond donors (Lipinski definition) is 1. The van der Waals surface area contributed by atoms with Gasteiger partial charge in [-0.3, -0.25) is 9.69 Å². The Bertz CT molecular complexity index is 1230. The zero-order chi connectivity index (χ0) is 26.6. The molecular formula is C28H38ClN3O5S. The molecule has 208 valence electrons. The molecule has 1 aliphatic heterocycles. The van der Waals surface area contributed by atoms with Gasteiger partial charge in [-0.2, -0.15) is 0 Å². The van der Waals surface area contributed by atoms with Crippen molar-refractivity contribution in [3.8, 4) is 5.75 Å². The molecule has 2 atom stereocenters. The highest BCUT2D eigenvalue weighted by atomic mass is 35.5. The van der Waals surface area contributed by atoms with E-state index in [2.05, 4.69) is 16.3 Å². The summed E-state index contributed by atoms with van der Waals surface area (Å²) in [6.07, 6.45) is 6.93. The second-order valence-corrected chi connectivity index (χ2v) is 12.3. The zero-order valence-electron chi connectivity index (χ0n) is 22.3. The molecule has 0 unspecified atom stereocenters. The fourth-order valence-electron chi connectivity index (χ4n) is 5.49. The number of rotatable bonds is 9. The largest absolute Gasteiger partial charge is 0.414 e. The maximum absolute atomic E-state index is 12.3. The van der Waals surface area contributed by atoms with E-state index in [1.165, 1.54) is 28.2 Å². The molecule has 2 aromatic rings. The summed E-state index contributed by atoms with van der Waals surface area (Å²) in [5, 5.41) is 2.93. The quantitative estimate of drug-likeness (QED) is 0.458. The van der Waals surface area contributed by atoms with Gasteiger partial charge in [0.2, 0.25) is 0 Å². The molecule has 0 aromatic heterocycles. The van der Waals surface area contributed by atoms with E-state index in [0.717, 1.165) is 57.9 Å². The van der Waals surface area contributed by atoms with Crippen molar-refractivity contribution in [2.45, 2.75) is 55.4 Å². The molecule has 10 heteroatoms. The minimum Gasteiger partial charge on any atom is -0.410 e. The van der Waals surface area contributed by atoms with Crippen LogP contribution in [0.15, 0.2) is 47.4 Å². The number of unbranched alkanes of at least 4 members (excludes halogenated alkanes) is 2. The molecule has 1 N–H and O–H groups in total. The van der Waals surface area contributed by atoms with E-state index in [-0.39, 0.29) is 29.3 Å². The molecule has 1 fully saturated rings. The number of halogens is 1. The Morgan fingerprint density at radius 3 is 2.47 bits per heavy atom. The highest BCUT2D eigenvalue weighted by Gasteiger charge is 2.39. The van der Waals surface area contributed by atoms with E-state index in [9.17, 15) is 18.0 Å². The molecule has 0 spiro atoms. The summed E-state index contributed by atoms with van der Waals surface area (Å²) < 4.78 is 28.8. The van der Waals surface area contributed by atoms with Crippen LogP contribution in [0.1, 0.15) is 59.5 Å². The van der Waals surface area contributed by atoms with Gasteiger partial charge in [0.1, 0.15) is 5.75 Å². The highest BCUT2D eigenvalue weighted by Crippen LogP contribution is 2.44. The van der Waals surface area contributed by atoms with E-state index < -0.39 is 9.84 Å². The van der Waals surface area contributed by atoms with Crippen LogP contribution >= 0.6 is 12.4 Å². The van der Waals surface area contributed by atoms with Crippen LogP contribution in [0.4, 0.5) is 4.79 Å². The van der Waals surface area contributed by atoms with Crippen molar-refractivity contribution < 1.29 is 22.7 Å². The first-order valence-corrected chi connectivity index (χ1v) is 14.9. The lowest BCUT2D eigenvalue weighted by atomic mass is 9.79. The molecule has 1 heterocycles. The van der Waals surface area contributed by atoms with Crippen LogP contribution in [0.25, 0.3) is 0 Å². The Morgan fingerprint density at radius 1 is 1.05 bits per heavy atom. The van der Waals surface area contributed by atoms with Crippen LogP contribution < -0.4 is 10.1 Å². The van der Waals surface area contributed by atoms with Crippen LogP contribution in [0.5, 0.6) is 5.75 Å². The zero-order valence-corrected chi connectivity index (χ0v) is 23.9. The highest BCUT2D eigenvalue weighted by molar-refractivity contribution is 7.90. The number of sulfone groups is 1. The molecule has 1 aliphatic carbocycles. The van der Waals surface area contributed by atoms with E-state index in [0.29, 0.717) is 29.8 Å². The summed E-state index contributed by atoms with van der Waals surface area (Å²) in [7, 11) is 0.118. The Hall–Kier alpha value is -2.62. The molecule has 2 amide bonds. The second-order valence-electron chi connectivity index (χ2n) is 10.2. The maximum atomic E-state index is 12.3. The third kappa shape index (κ3) is 7.07. The molecule has 38 heavy (non-hydrogen) atoms. The summed E-state index contributed by atoms with van der Waals surface area (Å²) in [6.45, 7) is 2.73. The van der Waals surface area contributed by atoms with Crippen LogP contribution in [0.3, 0.4) is 0 Å². The molecule has 0 bridgehead atoms. The summed E-state index contributed by atoms with van der Waals surface area (Å²) in [5.41, 5.74) is 2.98. The molecule has 2 aliphatic rings. The number of ether oxygens (including phenoxy) is 1. The van der Waals surface area contributed by atoms with Gasteiger partial charge in [0, 0.05) is 44.4 Å². The van der Waals surface area contributed by atoms with Crippen LogP contribution in [-0.4, -0.2) is 76.2 Å². The summed E-state index contributed by atoms with van der Waals surface area (Å²) >= 11 is 0. The van der Waals surface area contributed by atoms with Gasteiger partial charge >= 0.3 is 6.09 Å². The standard InChI is InChI=1S/C28H37N3O5S.ClH/c1-30(2)28(33)36-26-9-7-8-22-23-16-19-31(25(23)15-14-24(22)26)18-6-4-5-17-29-27(32)20-10-12-21(13-11-20)37(3,34)35;/h7-13,23,25H,4-6,14-19H2,1-3H3,(H,29,32);1H/t23-,25+;/m1./s1. The number of carbonyl (C=O) groups is 2. The van der Waals surface area contributed by atoms with Crippen LogP contribution in [0, 0.1) is 0 Å². The molecular weight excluding hydrogens is 526 g/mol. The number of benzene rings is 2. The van der Waals surface area contributed by atoms with Gasteiger partial charge in [-0.1, -0.05) is 18.6 Å². The molecule has 0 saturated carbocycles. The van der Waals surface area contributed by atoms with Crippen molar-refractivity contribution in [1.82, 2.24) is 15.1 Å². The van der Waals surface area contributed by atoms with Gasteiger partial charge in [0.25, 0.3) is 5.91 Å². The van der Waals surface area contributed by atoms with E-state index >= 15 is 0 Å². The lowest BCUT2D eigenvalue weighted by Gasteiger charge is -2.34. The van der Waals surface area contributed by atoms with Gasteiger partial charge in [-0.25, -0.2) is 13.2 Å². The number of fused-ring (bicyclic) bond motifs is 3. The minimum absolute atomic E-state index is 0. The first kappa shape index (κ1) is 29.9. The van der Waals surface area contributed by atoms with E-state index in [1.807, 2.05) is 12.1 Å². The van der Waals surface area contributed by atoms with Gasteiger partial charge in [-0.15, -0.1) is 12.4 Å². The molecule has 1 saturated heterocycles. The predicted octanol–water partition coefficient (Wildman–Crippen LogP) is 4.28. The topological polar surface area (TPSA) is 96.0 Å². The third-order valence-corrected chi connectivity index (χ3v) is 8.56. The number of nitrogens with one attached hydrogen (secondary N) is 1. The van der Waals surface area contributed by atoms with Crippen molar-refractivity contribution in [1.29, 1.82) is 0 Å². The lowest BCUT2D eigenvalue weighted by molar-refractivity contribution is 0.0952. The number of likely N-dealkylation sites (tertiary alicyclic amines) is 1. The summed E-state index contributed by atoms with van der Waals surface area (Å²) in [5.74, 6) is 0.996. The molecule has 4 rings (SSSR count). The van der Waals surface area contributed by atoms with Crippen molar-refractivity contribution in [2.24, 2.45) is 0 Å². The first-order valence-electron chi connectivity index (χ1n) is 13.0. The number of nitrogens with zero attached hydrogens (tertiary/aromatic N) is 2. The predicted molar refractivity (Wildman–Crippen MR) is 150 cm³/mol. The minimum atomic E-state index is -3.27. The Labute approximate surface area is 232 Å². The second kappa shape index (κ2) is 13.0. The van der Waals surface area contributed by atoms with Gasteiger partial charge in [0.05, 0.1) is 4.90 Å². The normalized spacial score (nSPS) is 18.6. The van der Waals surface area contributed by atoms with Crippen molar-refractivity contribution in [3.63, 3.8) is 0 Å². The smallest absolute Gasteiger partial charge is 0.410 e. The monoisotopic (exact) mass is 563 g/mol. The molecule has 0 radical (unpaired) electrons. The number of amides is 2. The van der Waals surface area contributed by atoms with Crippen LogP contribution in [0.2, 0.25) is 0 Å². The molecule has 8 nitrogen and oxygen atoms in total. The third-order valence-electron chi connectivity index (χ3n) is 7.43. The van der Waals surface area contributed by atoms with E-state index in [4.69, 9.17) is 4.74 Å². The maximum Gasteiger partial charge on any atom is 0.414 e. The molecule has 2 aromatic carbocycles. The SMILES string of the molecule is CN(C)C(=O)Oc1cccc2c1CC[C@H]1[C@@H]2CCN1CCCCCNC(=O)c1ccc(S(C)(=O)=O)cc1.Cl. The van der Waals surface area contributed by atoms with Gasteiger partial charge < -0.3 is 15.0 Å². The van der Waals surface area contributed by atoms with Crippen LogP contribution in [-0.2, 0) is 16.3 Å². The number of carbonyl (C=O) groups excluding carboxylic acids is 2. The summed E-state index contributed by atoms with van der Waals surface area (Å²) in [4.78, 5) is 28.7. The first-order chi connectivity index (χ1) is 17.6. The summed E-state index contributed by atoms with van der Waals surface area (Å²) in [6, 6.07) is 12.7. The van der Waals surface area contributed by atoms with Crippen molar-refractivity contribution >= 4 is 34.2 Å². The average Bonchev–Trinajstić information content (AvgIpc) is 3.29. The van der Waals surface area contributed by atoms with Crippen molar-refractivity contribution in [2.75, 3.05) is 40.0 Å². The Balaban J connectivity index is 0.00000400. The van der Waals surface area contributed by atoms with Gasteiger partial charge in [-0.05, 0) is 86.7 Å². The van der Waals surface area contributed by atoms with Crippen molar-refractivity contribution in [3.05, 3.63) is 59.2 Å². The number of hydrogen-bond acceptors (Lipinski definition) is 6. The fourth-order valence-corrected chi connectivity index (χ4v) is 6.12. The Morgan fingerprint density at radius 2 is 1.79 bits per heavy atom. The van der Waals surface area contributed by atoms with Gasteiger partial charge in [0.15, 0.2) is 9.84 Å². The fraction of sp³-hybridized carbons (Fsp3) is 0.500. The van der Waals surface area contributed by atoms with E-state index in [1.54, 1.807) is 26.2 Å². The average molecular weight is 564 g/mol. The lowest BCUT2D eigenvalue weighted by Crippen LogP contribution is -2.36. The Kier molecular flexibility index (Phi) is 10.2.